The van der Waals surface area contributed by atoms with Crippen LogP contribution in [0.15, 0.2) is 40.9 Å². The van der Waals surface area contributed by atoms with Crippen molar-refractivity contribution in [1.82, 2.24) is 15.3 Å². The third-order valence-electron chi connectivity index (χ3n) is 5.45. The molecule has 2 aromatic heterocycles. The van der Waals surface area contributed by atoms with Gasteiger partial charge in [-0.2, -0.15) is 4.98 Å². The molecule has 2 heterocycles. The summed E-state index contributed by atoms with van der Waals surface area (Å²) in [6.45, 7) is 0. The predicted octanol–water partition coefficient (Wildman–Crippen LogP) is 3.45. The van der Waals surface area contributed by atoms with Gasteiger partial charge in [-0.3, -0.25) is 4.79 Å². The van der Waals surface area contributed by atoms with Crippen molar-refractivity contribution >= 4 is 28.6 Å². The minimum absolute atomic E-state index is 0.125. The average Bonchev–Trinajstić information content (AvgIpc) is 3.20. The fraction of sp³-hybridized carbons (Fsp3) is 0.409. The SMILES string of the molecule is COc1cccc2cc(C(=O)NC3CCC(Nc4nccc(N(C)C)n4)CC3)oc12. The van der Waals surface area contributed by atoms with Gasteiger partial charge in [0.15, 0.2) is 17.1 Å². The number of nitrogens with one attached hydrogen (secondary N) is 2. The number of benzene rings is 1. The molecule has 0 saturated heterocycles. The van der Waals surface area contributed by atoms with Crippen LogP contribution in [0, 0.1) is 0 Å². The fourth-order valence-electron chi connectivity index (χ4n) is 3.80. The highest BCUT2D eigenvalue weighted by molar-refractivity contribution is 5.97. The lowest BCUT2D eigenvalue weighted by atomic mass is 9.91. The molecule has 1 saturated carbocycles. The van der Waals surface area contributed by atoms with E-state index in [1.54, 1.807) is 19.4 Å². The van der Waals surface area contributed by atoms with E-state index >= 15 is 0 Å². The Hall–Kier alpha value is -3.29. The number of methoxy groups -OCH3 is 1. The minimum Gasteiger partial charge on any atom is -0.493 e. The molecule has 0 unspecified atom stereocenters. The van der Waals surface area contributed by atoms with E-state index in [0.29, 0.717) is 29.1 Å². The summed E-state index contributed by atoms with van der Waals surface area (Å²) in [7, 11) is 5.50. The van der Waals surface area contributed by atoms with Gasteiger partial charge >= 0.3 is 0 Å². The van der Waals surface area contributed by atoms with Crippen molar-refractivity contribution in [2.75, 3.05) is 31.4 Å². The fourth-order valence-corrected chi connectivity index (χ4v) is 3.80. The Morgan fingerprint density at radius 2 is 1.93 bits per heavy atom. The number of para-hydroxylation sites is 1. The van der Waals surface area contributed by atoms with Crippen LogP contribution >= 0.6 is 0 Å². The van der Waals surface area contributed by atoms with Crippen molar-refractivity contribution < 1.29 is 13.9 Å². The molecule has 1 aliphatic carbocycles. The third-order valence-corrected chi connectivity index (χ3v) is 5.45. The Kier molecular flexibility index (Phi) is 5.74. The van der Waals surface area contributed by atoms with Crippen LogP contribution in [0.25, 0.3) is 11.0 Å². The molecule has 1 fully saturated rings. The maximum Gasteiger partial charge on any atom is 0.287 e. The number of anilines is 2. The highest BCUT2D eigenvalue weighted by atomic mass is 16.5. The minimum atomic E-state index is -0.188. The first-order valence-electron chi connectivity index (χ1n) is 10.2. The molecule has 3 aromatic rings. The van der Waals surface area contributed by atoms with Crippen LogP contribution in [0.3, 0.4) is 0 Å². The maximum absolute atomic E-state index is 12.7. The van der Waals surface area contributed by atoms with E-state index in [4.69, 9.17) is 9.15 Å². The number of carbonyl (C=O) groups is 1. The second-order valence-corrected chi connectivity index (χ2v) is 7.79. The number of hydrogen-bond acceptors (Lipinski definition) is 7. The monoisotopic (exact) mass is 409 g/mol. The summed E-state index contributed by atoms with van der Waals surface area (Å²) in [5, 5.41) is 7.37. The smallest absolute Gasteiger partial charge is 0.287 e. The molecule has 158 valence electrons. The molecule has 0 spiro atoms. The zero-order chi connectivity index (χ0) is 21.1. The summed E-state index contributed by atoms with van der Waals surface area (Å²) in [6, 6.07) is 9.67. The van der Waals surface area contributed by atoms with E-state index < -0.39 is 0 Å². The standard InChI is InChI=1S/C22H27N5O3/c1-27(2)19-11-12-23-22(26-19)25-16-9-7-15(8-10-16)24-21(28)18-13-14-5-4-6-17(29-3)20(14)30-18/h4-6,11-13,15-16H,7-10H2,1-3H3,(H,24,28)(H,23,25,26). The molecule has 0 atom stereocenters. The van der Waals surface area contributed by atoms with Crippen LogP contribution in [0.5, 0.6) is 5.75 Å². The van der Waals surface area contributed by atoms with E-state index in [1.807, 2.05) is 43.3 Å². The van der Waals surface area contributed by atoms with Crippen LogP contribution in [0.1, 0.15) is 36.2 Å². The topological polar surface area (TPSA) is 92.5 Å². The molecule has 8 heteroatoms. The Morgan fingerprint density at radius 3 is 2.67 bits per heavy atom. The predicted molar refractivity (Wildman–Crippen MR) is 116 cm³/mol. The Balaban J connectivity index is 1.32. The summed E-state index contributed by atoms with van der Waals surface area (Å²) in [5.74, 6) is 2.26. The van der Waals surface area contributed by atoms with E-state index in [1.165, 1.54) is 0 Å². The molecule has 1 aromatic carbocycles. The number of hydrogen-bond donors (Lipinski definition) is 2. The Labute approximate surface area is 175 Å². The molecule has 0 bridgehead atoms. The van der Waals surface area contributed by atoms with Crippen molar-refractivity contribution in [3.05, 3.63) is 42.3 Å². The van der Waals surface area contributed by atoms with Gasteiger partial charge in [0, 0.05) is 37.8 Å². The lowest BCUT2D eigenvalue weighted by Gasteiger charge is -2.29. The first-order valence-corrected chi connectivity index (χ1v) is 10.2. The van der Waals surface area contributed by atoms with E-state index in [-0.39, 0.29) is 11.9 Å². The molecule has 2 N–H and O–H groups in total. The molecule has 1 amide bonds. The van der Waals surface area contributed by atoms with Gasteiger partial charge in [0.25, 0.3) is 5.91 Å². The van der Waals surface area contributed by atoms with Crippen LogP contribution in [0.2, 0.25) is 0 Å². The van der Waals surface area contributed by atoms with Crippen LogP contribution in [-0.4, -0.2) is 49.2 Å². The van der Waals surface area contributed by atoms with Gasteiger partial charge in [-0.25, -0.2) is 4.98 Å². The number of rotatable bonds is 6. The number of furan rings is 1. The molecular formula is C22H27N5O3. The molecule has 0 radical (unpaired) electrons. The first kappa shape index (κ1) is 20.0. The number of aromatic nitrogens is 2. The second-order valence-electron chi connectivity index (χ2n) is 7.79. The van der Waals surface area contributed by atoms with Crippen LogP contribution in [-0.2, 0) is 0 Å². The summed E-state index contributed by atoms with van der Waals surface area (Å²) in [5.41, 5.74) is 0.595. The largest absolute Gasteiger partial charge is 0.493 e. The zero-order valence-electron chi connectivity index (χ0n) is 17.5. The summed E-state index contributed by atoms with van der Waals surface area (Å²) in [6.07, 6.45) is 5.42. The third kappa shape index (κ3) is 4.32. The van der Waals surface area contributed by atoms with Crippen molar-refractivity contribution in [2.45, 2.75) is 37.8 Å². The molecule has 1 aliphatic rings. The van der Waals surface area contributed by atoms with Crippen LogP contribution < -0.4 is 20.3 Å². The van der Waals surface area contributed by atoms with Gasteiger partial charge in [0.2, 0.25) is 5.95 Å². The first-order chi connectivity index (χ1) is 14.5. The van der Waals surface area contributed by atoms with Crippen LogP contribution in [0.4, 0.5) is 11.8 Å². The van der Waals surface area contributed by atoms with Crippen molar-refractivity contribution in [2.24, 2.45) is 0 Å². The van der Waals surface area contributed by atoms with Gasteiger partial charge in [-0.05, 0) is 43.9 Å². The number of carbonyl (C=O) groups excluding carboxylic acids is 1. The number of nitrogens with zero attached hydrogens (tertiary/aromatic N) is 3. The van der Waals surface area contributed by atoms with Crippen molar-refractivity contribution in [3.8, 4) is 5.75 Å². The average molecular weight is 409 g/mol. The van der Waals surface area contributed by atoms with Gasteiger partial charge in [0.1, 0.15) is 5.82 Å². The molecule has 4 rings (SSSR count). The van der Waals surface area contributed by atoms with E-state index in [0.717, 1.165) is 36.9 Å². The van der Waals surface area contributed by atoms with E-state index in [9.17, 15) is 4.79 Å². The van der Waals surface area contributed by atoms with E-state index in [2.05, 4.69) is 20.6 Å². The molecule has 0 aliphatic heterocycles. The summed E-state index contributed by atoms with van der Waals surface area (Å²) in [4.78, 5) is 23.5. The summed E-state index contributed by atoms with van der Waals surface area (Å²) >= 11 is 0. The second kappa shape index (κ2) is 8.61. The van der Waals surface area contributed by atoms with Gasteiger partial charge < -0.3 is 24.7 Å². The molecule has 8 nitrogen and oxygen atoms in total. The van der Waals surface area contributed by atoms with Gasteiger partial charge in [-0.15, -0.1) is 0 Å². The molecule has 30 heavy (non-hydrogen) atoms. The molecular weight excluding hydrogens is 382 g/mol. The van der Waals surface area contributed by atoms with Gasteiger partial charge in [0.05, 0.1) is 7.11 Å². The van der Waals surface area contributed by atoms with Gasteiger partial charge in [-0.1, -0.05) is 12.1 Å². The maximum atomic E-state index is 12.7. The van der Waals surface area contributed by atoms with Crippen molar-refractivity contribution in [3.63, 3.8) is 0 Å². The Bertz CT molecular complexity index is 1020. The Morgan fingerprint density at radius 1 is 1.17 bits per heavy atom. The lowest BCUT2D eigenvalue weighted by Crippen LogP contribution is -2.40. The zero-order valence-corrected chi connectivity index (χ0v) is 17.5. The number of amides is 1. The highest BCUT2D eigenvalue weighted by Gasteiger charge is 2.24. The number of fused-ring (bicyclic) bond motifs is 1. The highest BCUT2D eigenvalue weighted by Crippen LogP contribution is 2.29. The normalized spacial score (nSPS) is 18.8. The van der Waals surface area contributed by atoms with Crippen molar-refractivity contribution in [1.29, 1.82) is 0 Å². The lowest BCUT2D eigenvalue weighted by molar-refractivity contribution is 0.0900. The summed E-state index contributed by atoms with van der Waals surface area (Å²) < 4.78 is 11.1. The number of ether oxygens (including phenoxy) is 1. The quantitative estimate of drug-likeness (QED) is 0.644.